The van der Waals surface area contributed by atoms with Crippen LogP contribution in [0.25, 0.3) is 21.9 Å². The summed E-state index contributed by atoms with van der Waals surface area (Å²) in [5.41, 5.74) is 3.40. The van der Waals surface area contributed by atoms with Gasteiger partial charge in [0.2, 0.25) is 0 Å². The first-order chi connectivity index (χ1) is 13.5. The van der Waals surface area contributed by atoms with Crippen molar-refractivity contribution in [3.63, 3.8) is 0 Å². The van der Waals surface area contributed by atoms with E-state index < -0.39 is 0 Å². The standard InChI is InChI=1S/C24H18ClNO2/c1-15-5-4-8-20(23(15)27)22-19-7-3-2-6-16(19)11-14-21(22)26-24(28)17-9-12-18(25)13-10-17/h2-14,27H,1H3,(H,26,28). The molecule has 4 aromatic carbocycles. The van der Waals surface area contributed by atoms with Crippen LogP contribution in [0.3, 0.4) is 0 Å². The largest absolute Gasteiger partial charge is 0.507 e. The van der Waals surface area contributed by atoms with E-state index in [0.717, 1.165) is 21.9 Å². The molecular formula is C24H18ClNO2. The number of aryl methyl sites for hydroxylation is 1. The van der Waals surface area contributed by atoms with Crippen molar-refractivity contribution in [3.8, 4) is 16.9 Å². The highest BCUT2D eigenvalue weighted by Gasteiger charge is 2.17. The van der Waals surface area contributed by atoms with E-state index in [-0.39, 0.29) is 11.7 Å². The van der Waals surface area contributed by atoms with Crippen LogP contribution in [0.4, 0.5) is 5.69 Å². The number of nitrogens with one attached hydrogen (secondary N) is 1. The number of hydrogen-bond donors (Lipinski definition) is 2. The molecule has 0 aliphatic rings. The van der Waals surface area contributed by atoms with Crippen LogP contribution in [0.1, 0.15) is 15.9 Å². The lowest BCUT2D eigenvalue weighted by molar-refractivity contribution is 0.102. The van der Waals surface area contributed by atoms with E-state index in [2.05, 4.69) is 5.32 Å². The van der Waals surface area contributed by atoms with Crippen molar-refractivity contribution >= 4 is 34.0 Å². The van der Waals surface area contributed by atoms with E-state index in [4.69, 9.17) is 11.6 Å². The third kappa shape index (κ3) is 3.32. The first-order valence-electron chi connectivity index (χ1n) is 8.92. The maximum absolute atomic E-state index is 12.8. The van der Waals surface area contributed by atoms with Gasteiger partial charge in [0.15, 0.2) is 0 Å². The molecule has 28 heavy (non-hydrogen) atoms. The topological polar surface area (TPSA) is 49.3 Å². The van der Waals surface area contributed by atoms with Gasteiger partial charge in [0, 0.05) is 27.4 Å². The van der Waals surface area contributed by atoms with Crippen molar-refractivity contribution < 1.29 is 9.90 Å². The summed E-state index contributed by atoms with van der Waals surface area (Å²) in [6, 6.07) is 24.1. The second-order valence-corrected chi connectivity index (χ2v) is 7.08. The van der Waals surface area contributed by atoms with Crippen molar-refractivity contribution in [1.82, 2.24) is 0 Å². The average molecular weight is 388 g/mol. The van der Waals surface area contributed by atoms with Gasteiger partial charge in [-0.1, -0.05) is 60.1 Å². The molecule has 3 nitrogen and oxygen atoms in total. The van der Waals surface area contributed by atoms with Crippen molar-refractivity contribution in [2.75, 3.05) is 5.32 Å². The lowest BCUT2D eigenvalue weighted by Crippen LogP contribution is -2.12. The first-order valence-corrected chi connectivity index (χ1v) is 9.30. The zero-order chi connectivity index (χ0) is 19.7. The van der Waals surface area contributed by atoms with Gasteiger partial charge in [0.25, 0.3) is 5.91 Å². The number of carbonyl (C=O) groups is 1. The second-order valence-electron chi connectivity index (χ2n) is 6.64. The van der Waals surface area contributed by atoms with Gasteiger partial charge in [0.1, 0.15) is 5.75 Å². The molecule has 0 saturated heterocycles. The van der Waals surface area contributed by atoms with Gasteiger partial charge >= 0.3 is 0 Å². The maximum atomic E-state index is 12.8. The van der Waals surface area contributed by atoms with Crippen LogP contribution >= 0.6 is 11.6 Å². The molecular weight excluding hydrogens is 370 g/mol. The Labute approximate surface area is 168 Å². The number of hydrogen-bond acceptors (Lipinski definition) is 2. The van der Waals surface area contributed by atoms with Gasteiger partial charge < -0.3 is 10.4 Å². The molecule has 4 rings (SSSR count). The highest BCUT2D eigenvalue weighted by molar-refractivity contribution is 6.30. The number of anilines is 1. The lowest BCUT2D eigenvalue weighted by atomic mass is 9.94. The van der Waals surface area contributed by atoms with Crippen LogP contribution < -0.4 is 5.32 Å². The molecule has 0 bridgehead atoms. The smallest absolute Gasteiger partial charge is 0.255 e. The van der Waals surface area contributed by atoms with E-state index >= 15 is 0 Å². The molecule has 0 radical (unpaired) electrons. The highest BCUT2D eigenvalue weighted by Crippen LogP contribution is 2.41. The van der Waals surface area contributed by atoms with Gasteiger partial charge in [0.05, 0.1) is 0 Å². The summed E-state index contributed by atoms with van der Waals surface area (Å²) in [5, 5.41) is 16.2. The molecule has 2 N–H and O–H groups in total. The fraction of sp³-hybridized carbons (Fsp3) is 0.0417. The predicted octanol–water partition coefficient (Wildman–Crippen LogP) is 6.43. The molecule has 0 saturated carbocycles. The number of phenolic OH excluding ortho intramolecular Hbond substituents is 1. The normalized spacial score (nSPS) is 10.8. The van der Waals surface area contributed by atoms with Crippen LogP contribution in [0.2, 0.25) is 5.02 Å². The van der Waals surface area contributed by atoms with E-state index in [1.54, 1.807) is 24.3 Å². The van der Waals surface area contributed by atoms with Gasteiger partial charge in [-0.3, -0.25) is 4.79 Å². The summed E-state index contributed by atoms with van der Waals surface area (Å²) in [7, 11) is 0. The van der Waals surface area contributed by atoms with Gasteiger partial charge in [-0.25, -0.2) is 0 Å². The molecule has 1 amide bonds. The minimum atomic E-state index is -0.236. The Balaban J connectivity index is 1.88. The number of fused-ring (bicyclic) bond motifs is 1. The van der Waals surface area contributed by atoms with Gasteiger partial charge in [-0.05, 0) is 53.6 Å². The summed E-state index contributed by atoms with van der Waals surface area (Å²) in [4.78, 5) is 12.8. The van der Waals surface area contributed by atoms with Crippen LogP contribution in [0.15, 0.2) is 78.9 Å². The average Bonchev–Trinajstić information content (AvgIpc) is 2.71. The molecule has 0 fully saturated rings. The van der Waals surface area contributed by atoms with E-state index in [1.807, 2.05) is 61.5 Å². The predicted molar refractivity (Wildman–Crippen MR) is 115 cm³/mol. The number of halogens is 1. The lowest BCUT2D eigenvalue weighted by Gasteiger charge is -2.16. The van der Waals surface area contributed by atoms with Crippen LogP contribution in [-0.2, 0) is 0 Å². The molecule has 0 aromatic heterocycles. The molecule has 4 heteroatoms. The number of benzene rings is 4. The van der Waals surface area contributed by atoms with E-state index in [0.29, 0.717) is 21.8 Å². The number of para-hydroxylation sites is 1. The number of amides is 1. The Bertz CT molecular complexity index is 1180. The molecule has 0 atom stereocenters. The third-order valence-electron chi connectivity index (χ3n) is 4.79. The van der Waals surface area contributed by atoms with Gasteiger partial charge in [-0.15, -0.1) is 0 Å². The van der Waals surface area contributed by atoms with E-state index in [1.165, 1.54) is 0 Å². The number of carbonyl (C=O) groups excluding carboxylic acids is 1. The fourth-order valence-corrected chi connectivity index (χ4v) is 3.45. The highest BCUT2D eigenvalue weighted by atomic mass is 35.5. The molecule has 4 aromatic rings. The van der Waals surface area contributed by atoms with Crippen molar-refractivity contribution in [2.24, 2.45) is 0 Å². The summed E-state index contributed by atoms with van der Waals surface area (Å²) in [5.74, 6) is -0.0267. The Morgan fingerprint density at radius 3 is 2.43 bits per heavy atom. The third-order valence-corrected chi connectivity index (χ3v) is 5.04. The quantitative estimate of drug-likeness (QED) is 0.425. The SMILES string of the molecule is Cc1cccc(-c2c(NC(=O)c3ccc(Cl)cc3)ccc3ccccc23)c1O. The number of rotatable bonds is 3. The van der Waals surface area contributed by atoms with Crippen LogP contribution in [0.5, 0.6) is 5.75 Å². The monoisotopic (exact) mass is 387 g/mol. The summed E-state index contributed by atoms with van der Waals surface area (Å²) >= 11 is 5.92. The van der Waals surface area contributed by atoms with Gasteiger partial charge in [-0.2, -0.15) is 0 Å². The molecule has 0 aliphatic heterocycles. The summed E-state index contributed by atoms with van der Waals surface area (Å²) < 4.78 is 0. The molecule has 138 valence electrons. The fourth-order valence-electron chi connectivity index (χ4n) is 3.32. The van der Waals surface area contributed by atoms with E-state index in [9.17, 15) is 9.90 Å². The number of phenols is 1. The molecule has 0 spiro atoms. The zero-order valence-electron chi connectivity index (χ0n) is 15.2. The Hall–Kier alpha value is -3.30. The van der Waals surface area contributed by atoms with Crippen molar-refractivity contribution in [3.05, 3.63) is 95.0 Å². The summed E-state index contributed by atoms with van der Waals surface area (Å²) in [6.07, 6.45) is 0. The Morgan fingerprint density at radius 2 is 1.64 bits per heavy atom. The molecule has 0 heterocycles. The zero-order valence-corrected chi connectivity index (χ0v) is 16.0. The summed E-state index contributed by atoms with van der Waals surface area (Å²) in [6.45, 7) is 1.86. The maximum Gasteiger partial charge on any atom is 0.255 e. The minimum Gasteiger partial charge on any atom is -0.507 e. The number of aromatic hydroxyl groups is 1. The Kier molecular flexibility index (Phi) is 4.76. The minimum absolute atomic E-state index is 0.209. The van der Waals surface area contributed by atoms with Crippen LogP contribution in [0, 0.1) is 6.92 Å². The second kappa shape index (κ2) is 7.37. The molecule has 0 aliphatic carbocycles. The van der Waals surface area contributed by atoms with Crippen molar-refractivity contribution in [1.29, 1.82) is 0 Å². The van der Waals surface area contributed by atoms with Crippen molar-refractivity contribution in [2.45, 2.75) is 6.92 Å². The first kappa shape index (κ1) is 18.1. The van der Waals surface area contributed by atoms with Crippen LogP contribution in [-0.4, -0.2) is 11.0 Å². The molecule has 0 unspecified atom stereocenters. The Morgan fingerprint density at radius 1 is 0.893 bits per heavy atom.